The van der Waals surface area contributed by atoms with E-state index < -0.39 is 11.4 Å². The Kier molecular flexibility index (Phi) is 6.34. The average molecular weight is 394 g/mol. The Morgan fingerprint density at radius 1 is 1.00 bits per heavy atom. The molecule has 6 nitrogen and oxygen atoms in total. The molecule has 0 spiro atoms. The number of methoxy groups -OCH3 is 1. The minimum absolute atomic E-state index is 0.0414. The van der Waals surface area contributed by atoms with Gasteiger partial charge >= 0.3 is 5.63 Å². The summed E-state index contributed by atoms with van der Waals surface area (Å²) in [6.07, 6.45) is 2.94. The van der Waals surface area contributed by atoms with E-state index in [1.54, 1.807) is 49.6 Å². The van der Waals surface area contributed by atoms with Gasteiger partial charge in [-0.3, -0.25) is 4.79 Å². The van der Waals surface area contributed by atoms with Crippen LogP contribution in [0.25, 0.3) is 17.0 Å². The zero-order valence-corrected chi connectivity index (χ0v) is 16.6. The molecule has 0 unspecified atom stereocenters. The molecule has 0 bridgehead atoms. The number of allylic oxidation sites excluding steroid dienone is 1. The number of ketones is 1. The molecule has 0 atom stereocenters. The zero-order valence-electron chi connectivity index (χ0n) is 16.6. The van der Waals surface area contributed by atoms with Gasteiger partial charge in [0.1, 0.15) is 5.56 Å². The summed E-state index contributed by atoms with van der Waals surface area (Å²) in [4.78, 5) is 24.9. The largest absolute Gasteiger partial charge is 0.493 e. The van der Waals surface area contributed by atoms with Crippen LogP contribution in [-0.2, 0) is 0 Å². The van der Waals surface area contributed by atoms with Gasteiger partial charge in [-0.25, -0.2) is 4.79 Å². The fourth-order valence-electron chi connectivity index (χ4n) is 2.88. The van der Waals surface area contributed by atoms with Crippen molar-refractivity contribution in [1.82, 2.24) is 0 Å². The van der Waals surface area contributed by atoms with Gasteiger partial charge in [0.2, 0.25) is 0 Å². The third-order valence-electron chi connectivity index (χ3n) is 4.20. The Bertz CT molecular complexity index is 1110. The van der Waals surface area contributed by atoms with Crippen molar-refractivity contribution in [2.24, 2.45) is 0 Å². The summed E-state index contributed by atoms with van der Waals surface area (Å²) in [6, 6.07) is 12.1. The van der Waals surface area contributed by atoms with Gasteiger partial charge in [0, 0.05) is 5.39 Å². The number of ether oxygens (including phenoxy) is 3. The highest BCUT2D eigenvalue weighted by Gasteiger charge is 2.14. The Morgan fingerprint density at radius 2 is 1.76 bits per heavy atom. The van der Waals surface area contributed by atoms with Crippen molar-refractivity contribution in [2.75, 3.05) is 20.3 Å². The molecule has 0 aliphatic rings. The van der Waals surface area contributed by atoms with Crippen LogP contribution in [0.4, 0.5) is 0 Å². The molecule has 0 saturated carbocycles. The van der Waals surface area contributed by atoms with Gasteiger partial charge < -0.3 is 18.6 Å². The Morgan fingerprint density at radius 3 is 2.48 bits per heavy atom. The lowest BCUT2D eigenvalue weighted by Gasteiger charge is -2.09. The molecular weight excluding hydrogens is 372 g/mol. The summed E-state index contributed by atoms with van der Waals surface area (Å²) in [5.74, 6) is 1.21. The molecule has 150 valence electrons. The molecule has 1 heterocycles. The fraction of sp³-hybridized carbons (Fsp3) is 0.217. The van der Waals surface area contributed by atoms with Gasteiger partial charge in [-0.15, -0.1) is 0 Å². The third-order valence-corrected chi connectivity index (χ3v) is 4.20. The first-order valence-electron chi connectivity index (χ1n) is 9.30. The normalized spacial score (nSPS) is 11.0. The number of fused-ring (bicyclic) bond motifs is 1. The maximum Gasteiger partial charge on any atom is 0.347 e. The molecule has 3 rings (SSSR count). The maximum atomic E-state index is 12.6. The SMILES string of the molecule is CCOc1ccc(C=CC(=O)c2cc3cccc(OCC)c3oc2=O)cc1OC. The predicted octanol–water partition coefficient (Wildman–Crippen LogP) is 4.50. The molecule has 0 N–H and O–H groups in total. The lowest BCUT2D eigenvalue weighted by Crippen LogP contribution is -2.12. The van der Waals surface area contributed by atoms with Crippen molar-refractivity contribution in [2.45, 2.75) is 13.8 Å². The van der Waals surface area contributed by atoms with E-state index >= 15 is 0 Å². The number of benzene rings is 2. The van der Waals surface area contributed by atoms with Crippen LogP contribution < -0.4 is 19.8 Å². The fourth-order valence-corrected chi connectivity index (χ4v) is 2.88. The number of hydrogen-bond acceptors (Lipinski definition) is 6. The van der Waals surface area contributed by atoms with Crippen LogP contribution in [0.2, 0.25) is 0 Å². The number of carbonyl (C=O) groups excluding carboxylic acids is 1. The molecular formula is C23H22O6. The highest BCUT2D eigenvalue weighted by molar-refractivity contribution is 6.08. The van der Waals surface area contributed by atoms with Crippen LogP contribution in [0, 0.1) is 0 Å². The average Bonchev–Trinajstić information content (AvgIpc) is 2.73. The second-order valence-electron chi connectivity index (χ2n) is 6.10. The second-order valence-corrected chi connectivity index (χ2v) is 6.10. The van der Waals surface area contributed by atoms with Crippen LogP contribution in [0.1, 0.15) is 29.8 Å². The van der Waals surface area contributed by atoms with Crippen molar-refractivity contribution in [1.29, 1.82) is 0 Å². The van der Waals surface area contributed by atoms with E-state index in [1.165, 1.54) is 12.1 Å². The van der Waals surface area contributed by atoms with Crippen LogP contribution in [0.15, 0.2) is 57.8 Å². The Balaban J connectivity index is 1.90. The van der Waals surface area contributed by atoms with E-state index in [0.717, 1.165) is 5.56 Å². The monoisotopic (exact) mass is 394 g/mol. The zero-order chi connectivity index (χ0) is 20.8. The van der Waals surface area contributed by atoms with Gasteiger partial charge in [-0.05, 0) is 49.8 Å². The van der Waals surface area contributed by atoms with Gasteiger partial charge in [0.25, 0.3) is 0 Å². The maximum absolute atomic E-state index is 12.6. The molecule has 0 saturated heterocycles. The van der Waals surface area contributed by atoms with Crippen LogP contribution in [0.3, 0.4) is 0 Å². The van der Waals surface area contributed by atoms with Crippen LogP contribution in [0.5, 0.6) is 17.2 Å². The third kappa shape index (κ3) is 4.48. The topological polar surface area (TPSA) is 75.0 Å². The second kappa shape index (κ2) is 9.10. The number of rotatable bonds is 8. The number of carbonyl (C=O) groups is 1. The summed E-state index contributed by atoms with van der Waals surface area (Å²) in [5.41, 5.74) is 0.322. The van der Waals surface area contributed by atoms with Crippen molar-refractivity contribution < 1.29 is 23.4 Å². The first kappa shape index (κ1) is 20.2. The van der Waals surface area contributed by atoms with E-state index in [4.69, 9.17) is 18.6 Å². The molecule has 6 heteroatoms. The van der Waals surface area contributed by atoms with Gasteiger partial charge in [-0.1, -0.05) is 24.3 Å². The summed E-state index contributed by atoms with van der Waals surface area (Å²) in [7, 11) is 1.55. The summed E-state index contributed by atoms with van der Waals surface area (Å²) in [5, 5.41) is 0.620. The van der Waals surface area contributed by atoms with E-state index in [-0.39, 0.29) is 5.56 Å². The highest BCUT2D eigenvalue weighted by Crippen LogP contribution is 2.29. The summed E-state index contributed by atoms with van der Waals surface area (Å²) >= 11 is 0. The van der Waals surface area contributed by atoms with E-state index in [2.05, 4.69) is 0 Å². The van der Waals surface area contributed by atoms with Gasteiger partial charge in [-0.2, -0.15) is 0 Å². The van der Waals surface area contributed by atoms with E-state index in [1.807, 2.05) is 13.8 Å². The highest BCUT2D eigenvalue weighted by atomic mass is 16.5. The molecule has 0 amide bonds. The number of para-hydroxylation sites is 1. The molecule has 29 heavy (non-hydrogen) atoms. The Hall–Kier alpha value is -3.54. The van der Waals surface area contributed by atoms with Crippen LogP contribution in [-0.4, -0.2) is 26.1 Å². The quantitative estimate of drug-likeness (QED) is 0.318. The Labute approximate surface area is 168 Å². The molecule has 2 aromatic carbocycles. The lowest BCUT2D eigenvalue weighted by atomic mass is 10.1. The molecule has 0 radical (unpaired) electrons. The van der Waals surface area contributed by atoms with Gasteiger partial charge in [0.15, 0.2) is 28.6 Å². The molecule has 1 aromatic heterocycles. The van der Waals surface area contributed by atoms with E-state index in [9.17, 15) is 9.59 Å². The smallest absolute Gasteiger partial charge is 0.347 e. The minimum Gasteiger partial charge on any atom is -0.493 e. The summed E-state index contributed by atoms with van der Waals surface area (Å²) < 4.78 is 21.6. The first-order chi connectivity index (χ1) is 14.1. The standard InChI is InChI=1S/C23H22O6/c1-4-27-19-12-10-15(13-21(19)26-3)9-11-18(24)17-14-16-7-6-8-20(28-5-2)22(16)29-23(17)25/h6-14H,4-5H2,1-3H3. The molecule has 0 aliphatic carbocycles. The van der Waals surface area contributed by atoms with Crippen molar-refractivity contribution in [3.05, 3.63) is 70.1 Å². The number of hydrogen-bond donors (Lipinski definition) is 0. The first-order valence-corrected chi connectivity index (χ1v) is 9.30. The van der Waals surface area contributed by atoms with Gasteiger partial charge in [0.05, 0.1) is 20.3 Å². The molecule has 0 fully saturated rings. The van der Waals surface area contributed by atoms with Crippen molar-refractivity contribution in [3.8, 4) is 17.2 Å². The summed E-state index contributed by atoms with van der Waals surface area (Å²) in [6.45, 7) is 4.69. The molecule has 3 aromatic rings. The molecule has 0 aliphatic heterocycles. The van der Waals surface area contributed by atoms with Crippen molar-refractivity contribution in [3.63, 3.8) is 0 Å². The minimum atomic E-state index is -0.705. The van der Waals surface area contributed by atoms with E-state index in [0.29, 0.717) is 41.4 Å². The predicted molar refractivity (Wildman–Crippen MR) is 111 cm³/mol. The van der Waals surface area contributed by atoms with Crippen molar-refractivity contribution >= 4 is 22.8 Å². The lowest BCUT2D eigenvalue weighted by molar-refractivity contribution is 0.104. The van der Waals surface area contributed by atoms with Crippen LogP contribution >= 0.6 is 0 Å².